The molecule has 54 heavy (non-hydrogen) atoms. The first-order valence-corrected chi connectivity index (χ1v) is 23.0. The van der Waals surface area contributed by atoms with Crippen LogP contribution in [-0.4, -0.2) is 43.3 Å². The quantitative estimate of drug-likeness (QED) is 0.0208. The van der Waals surface area contributed by atoms with Gasteiger partial charge in [0.05, 0.1) is 19.5 Å². The number of allylic oxidation sites excluding steroid dienone is 11. The largest absolute Gasteiger partial charge is 0.492 e. The number of rotatable bonds is 40. The standard InChI is InChI=1S/C45H80NO7P/c1-3-5-7-9-11-13-15-17-19-21-22-23-24-26-28-30-32-34-36-38-45(47)51-42-44(43-53-54(48,49)52-41-39-46)50-40-37-35-33-31-29-27-25-20-18-16-14-12-10-8-6-4-2/h11,13-14,16-17,19,22-23,26,28,37,40,44H,3-10,12,15,18,20-21,24-25,27,29-36,38-39,41-43,46H2,1-2H3,(H,48,49). The molecule has 8 nitrogen and oxygen atoms in total. The first kappa shape index (κ1) is 51.8. The summed E-state index contributed by atoms with van der Waals surface area (Å²) in [5, 5.41) is 0. The second-order valence-corrected chi connectivity index (χ2v) is 15.4. The van der Waals surface area contributed by atoms with Gasteiger partial charge in [-0.25, -0.2) is 4.57 Å². The van der Waals surface area contributed by atoms with Gasteiger partial charge in [-0.15, -0.1) is 0 Å². The van der Waals surface area contributed by atoms with Crippen LogP contribution >= 0.6 is 7.82 Å². The Balaban J connectivity index is 4.18. The number of ether oxygens (including phenoxy) is 2. The predicted octanol–water partition coefficient (Wildman–Crippen LogP) is 13.1. The van der Waals surface area contributed by atoms with Crippen LogP contribution in [0.5, 0.6) is 0 Å². The average Bonchev–Trinajstić information content (AvgIpc) is 3.16. The Kier molecular flexibility index (Phi) is 40.2. The van der Waals surface area contributed by atoms with Gasteiger partial charge in [-0.05, 0) is 96.0 Å². The Labute approximate surface area is 331 Å². The summed E-state index contributed by atoms with van der Waals surface area (Å²) in [6.07, 6.45) is 53.0. The number of nitrogens with two attached hydrogens (primary N) is 1. The van der Waals surface area contributed by atoms with Crippen LogP contribution in [0.25, 0.3) is 0 Å². The maximum atomic E-state index is 12.4. The monoisotopic (exact) mass is 778 g/mol. The molecule has 0 aliphatic heterocycles. The van der Waals surface area contributed by atoms with E-state index in [1.165, 1.54) is 89.9 Å². The fourth-order valence-corrected chi connectivity index (χ4v) is 6.19. The molecular formula is C45H80NO7P. The molecule has 0 aromatic rings. The van der Waals surface area contributed by atoms with E-state index >= 15 is 0 Å². The van der Waals surface area contributed by atoms with E-state index in [1.54, 1.807) is 6.26 Å². The normalized spacial score (nSPS) is 14.1. The zero-order chi connectivity index (χ0) is 39.5. The topological polar surface area (TPSA) is 117 Å². The Morgan fingerprint density at radius 2 is 1.00 bits per heavy atom. The third-order valence-electron chi connectivity index (χ3n) is 8.69. The molecule has 0 saturated carbocycles. The highest BCUT2D eigenvalue weighted by atomic mass is 31.2. The lowest BCUT2D eigenvalue weighted by molar-refractivity contribution is -0.147. The van der Waals surface area contributed by atoms with Crippen molar-refractivity contribution in [2.75, 3.05) is 26.4 Å². The highest BCUT2D eigenvalue weighted by molar-refractivity contribution is 7.47. The molecular weight excluding hydrogens is 697 g/mol. The van der Waals surface area contributed by atoms with Crippen LogP contribution in [0.3, 0.4) is 0 Å². The number of hydrogen-bond acceptors (Lipinski definition) is 7. The van der Waals surface area contributed by atoms with Gasteiger partial charge in [0.2, 0.25) is 0 Å². The van der Waals surface area contributed by atoms with Gasteiger partial charge >= 0.3 is 13.8 Å². The molecule has 0 heterocycles. The van der Waals surface area contributed by atoms with Crippen LogP contribution in [0, 0.1) is 0 Å². The zero-order valence-electron chi connectivity index (χ0n) is 34.4. The predicted molar refractivity (Wildman–Crippen MR) is 228 cm³/mol. The minimum Gasteiger partial charge on any atom is -0.492 e. The maximum Gasteiger partial charge on any atom is 0.472 e. The molecule has 0 radical (unpaired) electrons. The van der Waals surface area contributed by atoms with Crippen molar-refractivity contribution >= 4 is 13.8 Å². The summed E-state index contributed by atoms with van der Waals surface area (Å²) in [6, 6.07) is 0. The Bertz CT molecular complexity index is 1050. The van der Waals surface area contributed by atoms with E-state index in [4.69, 9.17) is 24.3 Å². The first-order chi connectivity index (χ1) is 26.4. The van der Waals surface area contributed by atoms with Crippen molar-refractivity contribution in [3.63, 3.8) is 0 Å². The van der Waals surface area contributed by atoms with Gasteiger partial charge in [0.25, 0.3) is 0 Å². The van der Waals surface area contributed by atoms with Crippen LogP contribution in [0.1, 0.15) is 174 Å². The van der Waals surface area contributed by atoms with E-state index in [2.05, 4.69) is 74.6 Å². The van der Waals surface area contributed by atoms with Crippen molar-refractivity contribution in [2.24, 2.45) is 5.73 Å². The maximum absolute atomic E-state index is 12.4. The lowest BCUT2D eigenvalue weighted by Crippen LogP contribution is -2.25. The lowest BCUT2D eigenvalue weighted by atomic mass is 10.1. The van der Waals surface area contributed by atoms with Crippen LogP contribution in [-0.2, 0) is 27.9 Å². The summed E-state index contributed by atoms with van der Waals surface area (Å²) in [5.41, 5.74) is 5.36. The van der Waals surface area contributed by atoms with E-state index in [0.717, 1.165) is 64.2 Å². The molecule has 0 bridgehead atoms. The van der Waals surface area contributed by atoms with Crippen molar-refractivity contribution in [3.8, 4) is 0 Å². The molecule has 0 rings (SSSR count). The number of hydrogen-bond donors (Lipinski definition) is 2. The van der Waals surface area contributed by atoms with E-state index in [0.29, 0.717) is 6.42 Å². The molecule has 0 amide bonds. The second kappa shape index (κ2) is 41.9. The van der Waals surface area contributed by atoms with Crippen LogP contribution < -0.4 is 5.73 Å². The summed E-state index contributed by atoms with van der Waals surface area (Å²) in [5.74, 6) is -0.324. The molecule has 2 unspecified atom stereocenters. The summed E-state index contributed by atoms with van der Waals surface area (Å²) < 4.78 is 33.2. The minimum absolute atomic E-state index is 0.0870. The molecule has 9 heteroatoms. The summed E-state index contributed by atoms with van der Waals surface area (Å²) in [4.78, 5) is 22.3. The van der Waals surface area contributed by atoms with Gasteiger partial charge in [0.15, 0.2) is 6.10 Å². The number of carbonyl (C=O) groups is 1. The van der Waals surface area contributed by atoms with Gasteiger partial charge in [-0.2, -0.15) is 0 Å². The second-order valence-electron chi connectivity index (χ2n) is 13.9. The van der Waals surface area contributed by atoms with E-state index in [-0.39, 0.29) is 32.3 Å². The molecule has 0 spiro atoms. The molecule has 0 aliphatic carbocycles. The highest BCUT2D eigenvalue weighted by Gasteiger charge is 2.24. The molecule has 0 aromatic carbocycles. The number of carbonyl (C=O) groups excluding carboxylic acids is 1. The lowest BCUT2D eigenvalue weighted by Gasteiger charge is -2.19. The minimum atomic E-state index is -4.28. The van der Waals surface area contributed by atoms with Gasteiger partial charge in [0, 0.05) is 13.0 Å². The highest BCUT2D eigenvalue weighted by Crippen LogP contribution is 2.43. The summed E-state index contributed by atoms with van der Waals surface area (Å²) >= 11 is 0. The third kappa shape index (κ3) is 41.0. The van der Waals surface area contributed by atoms with Crippen molar-refractivity contribution in [3.05, 3.63) is 73.1 Å². The summed E-state index contributed by atoms with van der Waals surface area (Å²) in [6.45, 7) is 4.12. The van der Waals surface area contributed by atoms with E-state index in [1.807, 2.05) is 6.08 Å². The Morgan fingerprint density at radius 1 is 0.574 bits per heavy atom. The fourth-order valence-electron chi connectivity index (χ4n) is 5.43. The molecule has 312 valence electrons. The smallest absolute Gasteiger partial charge is 0.472 e. The SMILES string of the molecule is CCCCCC=CCC=CCC=CCC=CCCCCCC(=O)OCC(COP(=O)(O)OCCN)OC=CCCCCCCCCC=CCCCCCC. The Morgan fingerprint density at radius 3 is 1.54 bits per heavy atom. The number of esters is 1. The van der Waals surface area contributed by atoms with Crippen LogP contribution in [0.4, 0.5) is 0 Å². The van der Waals surface area contributed by atoms with Crippen LogP contribution in [0.15, 0.2) is 73.1 Å². The van der Waals surface area contributed by atoms with Gasteiger partial charge in [-0.3, -0.25) is 13.8 Å². The molecule has 0 fully saturated rings. The number of phosphoric acid groups is 1. The number of phosphoric ester groups is 1. The Hall–Kier alpha value is -2.22. The van der Waals surface area contributed by atoms with Gasteiger partial charge in [0.1, 0.15) is 6.61 Å². The molecule has 3 N–H and O–H groups in total. The van der Waals surface area contributed by atoms with Crippen LogP contribution in [0.2, 0.25) is 0 Å². The molecule has 2 atom stereocenters. The summed E-state index contributed by atoms with van der Waals surface area (Å²) in [7, 11) is -4.28. The molecule has 0 aromatic heterocycles. The average molecular weight is 778 g/mol. The van der Waals surface area contributed by atoms with Crippen molar-refractivity contribution in [1.29, 1.82) is 0 Å². The zero-order valence-corrected chi connectivity index (χ0v) is 35.3. The van der Waals surface area contributed by atoms with Gasteiger partial charge in [-0.1, -0.05) is 139 Å². The van der Waals surface area contributed by atoms with Gasteiger partial charge < -0.3 is 20.1 Å². The van der Waals surface area contributed by atoms with Crippen molar-refractivity contribution in [2.45, 2.75) is 180 Å². The van der Waals surface area contributed by atoms with E-state index < -0.39 is 13.9 Å². The fraction of sp³-hybridized carbons (Fsp3) is 0.711. The third-order valence-corrected chi connectivity index (χ3v) is 9.67. The molecule has 0 aliphatic rings. The van der Waals surface area contributed by atoms with E-state index in [9.17, 15) is 14.3 Å². The van der Waals surface area contributed by atoms with Crippen molar-refractivity contribution < 1.29 is 32.8 Å². The first-order valence-electron chi connectivity index (χ1n) is 21.5. The molecule has 0 saturated heterocycles. The number of unbranched alkanes of at least 4 members (excludes halogenated alkanes) is 17. The van der Waals surface area contributed by atoms with Crippen molar-refractivity contribution in [1.82, 2.24) is 0 Å².